The molecule has 0 bridgehead atoms. The first-order valence-electron chi connectivity index (χ1n) is 5.15. The van der Waals surface area contributed by atoms with E-state index in [1.165, 1.54) is 6.42 Å². The van der Waals surface area contributed by atoms with Crippen LogP contribution in [0.4, 0.5) is 0 Å². The zero-order valence-corrected chi connectivity index (χ0v) is 8.99. The minimum atomic E-state index is 0.357. The molecule has 0 spiro atoms. The van der Waals surface area contributed by atoms with Crippen molar-refractivity contribution >= 4 is 0 Å². The van der Waals surface area contributed by atoms with Gasteiger partial charge in [-0.15, -0.1) is 0 Å². The lowest BCUT2D eigenvalue weighted by atomic mass is 9.98. The summed E-state index contributed by atoms with van der Waals surface area (Å²) in [5.41, 5.74) is 5.94. The Balaban J connectivity index is 2.44. The zero-order chi connectivity index (χ0) is 9.84. The van der Waals surface area contributed by atoms with Gasteiger partial charge in [0.05, 0.1) is 6.61 Å². The van der Waals surface area contributed by atoms with Gasteiger partial charge in [0.1, 0.15) is 0 Å². The van der Waals surface area contributed by atoms with Crippen molar-refractivity contribution in [1.29, 1.82) is 0 Å². The highest BCUT2D eigenvalue weighted by atomic mass is 16.5. The van der Waals surface area contributed by atoms with Gasteiger partial charge in [0.2, 0.25) is 0 Å². The highest BCUT2D eigenvalue weighted by Gasteiger charge is 2.26. The van der Waals surface area contributed by atoms with Gasteiger partial charge in [0, 0.05) is 31.8 Å². The fourth-order valence-electron chi connectivity index (χ4n) is 2.11. The molecule has 78 valence electrons. The number of nitrogens with two attached hydrogens (primary N) is 1. The second kappa shape index (κ2) is 4.94. The molecular weight excluding hydrogens is 164 g/mol. The molecule has 0 aromatic heterocycles. The molecule has 0 radical (unpaired) electrons. The first kappa shape index (κ1) is 11.0. The molecule has 0 aliphatic carbocycles. The van der Waals surface area contributed by atoms with Crippen molar-refractivity contribution in [3.8, 4) is 0 Å². The van der Waals surface area contributed by atoms with Crippen LogP contribution in [-0.4, -0.2) is 43.3 Å². The first-order valence-corrected chi connectivity index (χ1v) is 5.15. The summed E-state index contributed by atoms with van der Waals surface area (Å²) in [5.74, 6) is 0. The Morgan fingerprint density at radius 2 is 2.23 bits per heavy atom. The molecule has 1 aliphatic rings. The summed E-state index contributed by atoms with van der Waals surface area (Å²) < 4.78 is 5.16. The number of nitrogens with zero attached hydrogens (tertiary/aromatic N) is 1. The van der Waals surface area contributed by atoms with E-state index in [1.54, 1.807) is 7.11 Å². The lowest BCUT2D eigenvalue weighted by Crippen LogP contribution is -2.52. The van der Waals surface area contributed by atoms with E-state index in [0.29, 0.717) is 18.1 Å². The van der Waals surface area contributed by atoms with Crippen molar-refractivity contribution in [2.75, 3.05) is 20.3 Å². The Labute approximate surface area is 81.2 Å². The van der Waals surface area contributed by atoms with Crippen LogP contribution in [0.25, 0.3) is 0 Å². The Hall–Kier alpha value is -0.120. The lowest BCUT2D eigenvalue weighted by Gasteiger charge is -2.40. The van der Waals surface area contributed by atoms with Gasteiger partial charge in [-0.25, -0.2) is 0 Å². The minimum Gasteiger partial charge on any atom is -0.383 e. The first-order chi connectivity index (χ1) is 6.15. The summed E-state index contributed by atoms with van der Waals surface area (Å²) in [6.45, 7) is 6.30. The van der Waals surface area contributed by atoms with Gasteiger partial charge in [0.25, 0.3) is 0 Å². The van der Waals surface area contributed by atoms with Crippen LogP contribution in [-0.2, 0) is 4.74 Å². The Morgan fingerprint density at radius 1 is 1.54 bits per heavy atom. The summed E-state index contributed by atoms with van der Waals surface area (Å²) in [6.07, 6.45) is 2.38. The summed E-state index contributed by atoms with van der Waals surface area (Å²) in [6, 6.07) is 1.51. The summed E-state index contributed by atoms with van der Waals surface area (Å²) in [7, 11) is 1.76. The smallest absolute Gasteiger partial charge is 0.0615 e. The van der Waals surface area contributed by atoms with Crippen molar-refractivity contribution in [1.82, 2.24) is 4.90 Å². The van der Waals surface area contributed by atoms with Crippen LogP contribution in [0.1, 0.15) is 26.7 Å². The third-order valence-corrected chi connectivity index (χ3v) is 2.94. The summed E-state index contributed by atoms with van der Waals surface area (Å²) in [5, 5.41) is 0. The zero-order valence-electron chi connectivity index (χ0n) is 8.99. The van der Waals surface area contributed by atoms with E-state index in [9.17, 15) is 0 Å². The third-order valence-electron chi connectivity index (χ3n) is 2.94. The van der Waals surface area contributed by atoms with Crippen molar-refractivity contribution < 1.29 is 4.74 Å². The van der Waals surface area contributed by atoms with Crippen molar-refractivity contribution in [2.45, 2.75) is 44.8 Å². The predicted molar refractivity (Wildman–Crippen MR) is 54.7 cm³/mol. The number of hydrogen-bond donors (Lipinski definition) is 1. The SMILES string of the molecule is COCC(C)N1CC(N)CCC1C. The molecule has 13 heavy (non-hydrogen) atoms. The molecule has 1 aliphatic heterocycles. The van der Waals surface area contributed by atoms with E-state index in [0.717, 1.165) is 19.6 Å². The number of rotatable bonds is 3. The number of likely N-dealkylation sites (tertiary alicyclic amines) is 1. The molecule has 3 unspecified atom stereocenters. The second-order valence-electron chi connectivity index (χ2n) is 4.19. The van der Waals surface area contributed by atoms with Gasteiger partial charge < -0.3 is 10.5 Å². The highest BCUT2D eigenvalue weighted by Crippen LogP contribution is 2.18. The molecule has 3 heteroatoms. The van der Waals surface area contributed by atoms with Crippen molar-refractivity contribution in [3.63, 3.8) is 0 Å². The van der Waals surface area contributed by atoms with Crippen molar-refractivity contribution in [2.24, 2.45) is 5.73 Å². The maximum atomic E-state index is 5.94. The van der Waals surface area contributed by atoms with E-state index in [-0.39, 0.29) is 0 Å². The van der Waals surface area contributed by atoms with Crippen LogP contribution in [0, 0.1) is 0 Å². The van der Waals surface area contributed by atoms with Gasteiger partial charge in [-0.2, -0.15) is 0 Å². The van der Waals surface area contributed by atoms with Gasteiger partial charge in [-0.3, -0.25) is 4.90 Å². The van der Waals surface area contributed by atoms with Gasteiger partial charge >= 0.3 is 0 Å². The van der Waals surface area contributed by atoms with Crippen LogP contribution in [0.3, 0.4) is 0 Å². The van der Waals surface area contributed by atoms with E-state index < -0.39 is 0 Å². The number of ether oxygens (including phenoxy) is 1. The van der Waals surface area contributed by atoms with Crippen LogP contribution in [0.2, 0.25) is 0 Å². The van der Waals surface area contributed by atoms with Crippen molar-refractivity contribution in [3.05, 3.63) is 0 Å². The van der Waals surface area contributed by atoms with Gasteiger partial charge in [-0.05, 0) is 26.7 Å². The molecule has 2 N–H and O–H groups in total. The maximum absolute atomic E-state index is 5.94. The molecule has 1 saturated heterocycles. The highest BCUT2D eigenvalue weighted by molar-refractivity contribution is 4.83. The monoisotopic (exact) mass is 186 g/mol. The average molecular weight is 186 g/mol. The van der Waals surface area contributed by atoms with Gasteiger partial charge in [-0.1, -0.05) is 0 Å². The van der Waals surface area contributed by atoms with Gasteiger partial charge in [0.15, 0.2) is 0 Å². The molecule has 1 rings (SSSR count). The topological polar surface area (TPSA) is 38.5 Å². The molecule has 0 aromatic rings. The summed E-state index contributed by atoms with van der Waals surface area (Å²) in [4.78, 5) is 2.46. The molecule has 3 nitrogen and oxygen atoms in total. The number of piperidine rings is 1. The Morgan fingerprint density at radius 3 is 2.85 bits per heavy atom. The third kappa shape index (κ3) is 2.93. The van der Waals surface area contributed by atoms with Crippen LogP contribution < -0.4 is 5.73 Å². The molecule has 0 aromatic carbocycles. The fourth-order valence-corrected chi connectivity index (χ4v) is 2.11. The molecule has 3 atom stereocenters. The summed E-state index contributed by atoms with van der Waals surface area (Å²) >= 11 is 0. The lowest BCUT2D eigenvalue weighted by molar-refractivity contribution is 0.0489. The Kier molecular flexibility index (Phi) is 4.16. The number of hydrogen-bond acceptors (Lipinski definition) is 3. The molecule has 0 saturated carbocycles. The van der Waals surface area contributed by atoms with E-state index in [1.807, 2.05) is 0 Å². The minimum absolute atomic E-state index is 0.357. The normalized spacial score (nSPS) is 33.2. The van der Waals surface area contributed by atoms with E-state index in [4.69, 9.17) is 10.5 Å². The van der Waals surface area contributed by atoms with E-state index >= 15 is 0 Å². The van der Waals surface area contributed by atoms with E-state index in [2.05, 4.69) is 18.7 Å². The predicted octanol–water partition coefficient (Wildman–Crippen LogP) is 0.833. The van der Waals surface area contributed by atoms with Crippen LogP contribution >= 0.6 is 0 Å². The van der Waals surface area contributed by atoms with Crippen LogP contribution in [0.5, 0.6) is 0 Å². The average Bonchev–Trinajstić information content (AvgIpc) is 2.09. The molecule has 1 heterocycles. The maximum Gasteiger partial charge on any atom is 0.0615 e. The standard InChI is InChI=1S/C10H22N2O/c1-8-4-5-10(11)6-12(8)9(2)7-13-3/h8-10H,4-7,11H2,1-3H3. The number of methoxy groups -OCH3 is 1. The largest absolute Gasteiger partial charge is 0.383 e. The fraction of sp³-hybridized carbons (Fsp3) is 1.00. The Bertz CT molecular complexity index is 152. The molecular formula is C10H22N2O. The second-order valence-corrected chi connectivity index (χ2v) is 4.19. The quantitative estimate of drug-likeness (QED) is 0.709. The molecule has 1 fully saturated rings. The van der Waals surface area contributed by atoms with Crippen LogP contribution in [0.15, 0.2) is 0 Å². The molecule has 0 amide bonds.